The molecule has 2 spiro atoms. The molecule has 38 heavy (non-hydrogen) atoms. The van der Waals surface area contributed by atoms with Crippen LogP contribution in [0.5, 0.6) is 0 Å². The molecule has 0 aromatic carbocycles. The van der Waals surface area contributed by atoms with Crippen molar-refractivity contribution in [2.75, 3.05) is 26.3 Å². The molecule has 0 aromatic heterocycles. The summed E-state index contributed by atoms with van der Waals surface area (Å²) in [5.41, 5.74) is -0.144. The predicted octanol–water partition coefficient (Wildman–Crippen LogP) is 4.75. The molecule has 1 aliphatic carbocycles. The lowest BCUT2D eigenvalue weighted by molar-refractivity contribution is -0.0352. The van der Waals surface area contributed by atoms with Gasteiger partial charge in [0, 0.05) is 10.8 Å². The SMILES string of the molecule is CC1(C)COC2(CCCCC2)[C@H]1N[S@](=O)C(C)(C)C.CC1(C)COC2(CCNCC2)[C@H]1N[S@](=O)C(C)(C)C. The van der Waals surface area contributed by atoms with Crippen molar-refractivity contribution in [3.05, 3.63) is 0 Å². The summed E-state index contributed by atoms with van der Waals surface area (Å²) >= 11 is 0. The smallest absolute Gasteiger partial charge is 0.0973 e. The van der Waals surface area contributed by atoms with Crippen LogP contribution in [0.2, 0.25) is 0 Å². The van der Waals surface area contributed by atoms with Gasteiger partial charge < -0.3 is 14.8 Å². The van der Waals surface area contributed by atoms with E-state index in [1.54, 1.807) is 0 Å². The Bertz CT molecular complexity index is 781. The Labute approximate surface area is 238 Å². The first-order valence-electron chi connectivity index (χ1n) is 14.7. The lowest BCUT2D eigenvalue weighted by atomic mass is 9.72. The van der Waals surface area contributed by atoms with Gasteiger partial charge in [0.2, 0.25) is 0 Å². The molecule has 4 rings (SSSR count). The monoisotopic (exact) mass is 575 g/mol. The molecule has 0 aromatic rings. The summed E-state index contributed by atoms with van der Waals surface area (Å²) in [6.07, 6.45) is 7.98. The molecule has 3 heterocycles. The lowest BCUT2D eigenvalue weighted by Crippen LogP contribution is -2.59. The van der Waals surface area contributed by atoms with Gasteiger partial charge in [-0.3, -0.25) is 0 Å². The first-order chi connectivity index (χ1) is 17.3. The van der Waals surface area contributed by atoms with Crippen LogP contribution in [-0.2, 0) is 31.4 Å². The molecule has 4 atom stereocenters. The highest BCUT2D eigenvalue weighted by atomic mass is 32.2. The number of rotatable bonds is 4. The molecule has 9 heteroatoms. The Balaban J connectivity index is 0.000000211. The predicted molar refractivity (Wildman–Crippen MR) is 160 cm³/mol. The Morgan fingerprint density at radius 2 is 1.03 bits per heavy atom. The van der Waals surface area contributed by atoms with Crippen molar-refractivity contribution in [2.24, 2.45) is 10.8 Å². The zero-order chi connectivity index (χ0) is 28.6. The van der Waals surface area contributed by atoms with Crippen molar-refractivity contribution in [3.63, 3.8) is 0 Å². The normalized spacial score (nSPS) is 31.5. The minimum absolute atomic E-state index is 0.0260. The molecule has 3 saturated heterocycles. The van der Waals surface area contributed by atoms with Gasteiger partial charge in [0.1, 0.15) is 0 Å². The third kappa shape index (κ3) is 7.29. The molecule has 1 saturated carbocycles. The molecule has 0 bridgehead atoms. The van der Waals surface area contributed by atoms with E-state index in [1.165, 1.54) is 19.3 Å². The molecule has 4 fully saturated rings. The second-order valence-electron chi connectivity index (χ2n) is 15.4. The molecule has 3 N–H and O–H groups in total. The number of piperidine rings is 1. The molecule has 0 radical (unpaired) electrons. The number of nitrogens with one attached hydrogen (secondary N) is 3. The van der Waals surface area contributed by atoms with E-state index in [9.17, 15) is 8.42 Å². The third-order valence-corrected chi connectivity index (χ3v) is 11.9. The van der Waals surface area contributed by atoms with Crippen molar-refractivity contribution in [1.29, 1.82) is 0 Å². The van der Waals surface area contributed by atoms with Crippen LogP contribution in [0.25, 0.3) is 0 Å². The lowest BCUT2D eigenvalue weighted by Gasteiger charge is -2.42. The molecule has 224 valence electrons. The van der Waals surface area contributed by atoms with Crippen LogP contribution in [0.3, 0.4) is 0 Å². The van der Waals surface area contributed by atoms with Crippen molar-refractivity contribution in [2.45, 2.75) is 147 Å². The van der Waals surface area contributed by atoms with Crippen molar-refractivity contribution < 1.29 is 17.9 Å². The van der Waals surface area contributed by atoms with E-state index in [0.29, 0.717) is 0 Å². The van der Waals surface area contributed by atoms with Crippen molar-refractivity contribution in [1.82, 2.24) is 14.8 Å². The summed E-state index contributed by atoms with van der Waals surface area (Å²) in [6.45, 7) is 24.4. The van der Waals surface area contributed by atoms with Crippen LogP contribution in [0.15, 0.2) is 0 Å². The van der Waals surface area contributed by atoms with Crippen LogP contribution < -0.4 is 14.8 Å². The van der Waals surface area contributed by atoms with Gasteiger partial charge in [-0.05, 0) is 80.3 Å². The van der Waals surface area contributed by atoms with E-state index < -0.39 is 22.0 Å². The average molecular weight is 576 g/mol. The zero-order valence-corrected chi connectivity index (χ0v) is 27.5. The topological polar surface area (TPSA) is 88.7 Å². The molecule has 0 amide bonds. The maximum Gasteiger partial charge on any atom is 0.0973 e. The zero-order valence-electron chi connectivity index (χ0n) is 25.9. The highest BCUT2D eigenvalue weighted by molar-refractivity contribution is 7.84. The molecule has 4 aliphatic rings. The van der Waals surface area contributed by atoms with E-state index in [4.69, 9.17) is 9.47 Å². The number of ether oxygens (including phenoxy) is 2. The van der Waals surface area contributed by atoms with Crippen LogP contribution in [0, 0.1) is 10.8 Å². The van der Waals surface area contributed by atoms with Gasteiger partial charge in [-0.2, -0.15) is 0 Å². The van der Waals surface area contributed by atoms with Gasteiger partial charge in [0.25, 0.3) is 0 Å². The fourth-order valence-corrected chi connectivity index (χ4v) is 8.59. The summed E-state index contributed by atoms with van der Waals surface area (Å²) in [6, 6.07) is 0.350. The van der Waals surface area contributed by atoms with Crippen LogP contribution in [-0.4, -0.2) is 67.5 Å². The first kappa shape index (κ1) is 32.6. The largest absolute Gasteiger partial charge is 0.373 e. The Morgan fingerprint density at radius 1 is 0.658 bits per heavy atom. The van der Waals surface area contributed by atoms with E-state index in [-0.39, 0.29) is 43.6 Å². The standard InChI is InChI=1S/C15H29NO2S.C14H28N2O2S/c1-13(2,3)19(17)16-12-14(4,5)11-18-15(12)9-7-6-8-10-15;1-12(2,3)19(17)16-11-13(4,5)10-18-14(11)6-8-15-9-7-14/h12,16H,6-11H2,1-5H3;11,15-16H,6-10H2,1-5H3/t12-,19+;11-,19+/m00/s1. The number of hydrogen-bond acceptors (Lipinski definition) is 5. The maximum absolute atomic E-state index is 12.5. The minimum atomic E-state index is -1.05. The highest BCUT2D eigenvalue weighted by Crippen LogP contribution is 2.47. The van der Waals surface area contributed by atoms with Crippen molar-refractivity contribution in [3.8, 4) is 0 Å². The van der Waals surface area contributed by atoms with Gasteiger partial charge >= 0.3 is 0 Å². The van der Waals surface area contributed by atoms with E-state index in [2.05, 4.69) is 42.5 Å². The van der Waals surface area contributed by atoms with Gasteiger partial charge in [-0.1, -0.05) is 47.0 Å². The van der Waals surface area contributed by atoms with Gasteiger partial charge in [-0.25, -0.2) is 17.9 Å². The van der Waals surface area contributed by atoms with Crippen LogP contribution >= 0.6 is 0 Å². The fourth-order valence-electron chi connectivity index (χ4n) is 6.38. The highest BCUT2D eigenvalue weighted by Gasteiger charge is 2.56. The Morgan fingerprint density at radius 3 is 1.39 bits per heavy atom. The average Bonchev–Trinajstić information content (AvgIpc) is 3.19. The van der Waals surface area contributed by atoms with Crippen molar-refractivity contribution >= 4 is 22.0 Å². The Hall–Kier alpha value is 0.1000. The quantitative estimate of drug-likeness (QED) is 0.450. The second kappa shape index (κ2) is 11.8. The molecule has 3 aliphatic heterocycles. The third-order valence-electron chi connectivity index (χ3n) is 8.79. The van der Waals surface area contributed by atoms with Gasteiger partial charge in [0.15, 0.2) is 0 Å². The van der Waals surface area contributed by atoms with Gasteiger partial charge in [0.05, 0.1) is 68.0 Å². The molecule has 0 unspecified atom stereocenters. The van der Waals surface area contributed by atoms with E-state index in [0.717, 1.165) is 52.0 Å². The summed E-state index contributed by atoms with van der Waals surface area (Å²) in [5.74, 6) is 0. The molecular formula is C29H57N3O4S2. The van der Waals surface area contributed by atoms with Gasteiger partial charge in [-0.15, -0.1) is 0 Å². The summed E-state index contributed by atoms with van der Waals surface area (Å²) in [5, 5.41) is 3.38. The number of hydrogen-bond donors (Lipinski definition) is 3. The fraction of sp³-hybridized carbons (Fsp3) is 1.00. The summed E-state index contributed by atoms with van der Waals surface area (Å²) in [7, 11) is -2.08. The van der Waals surface area contributed by atoms with E-state index >= 15 is 0 Å². The second-order valence-corrected chi connectivity index (χ2v) is 19.4. The van der Waals surface area contributed by atoms with Crippen LogP contribution in [0.1, 0.15) is 114 Å². The summed E-state index contributed by atoms with van der Waals surface area (Å²) < 4.78 is 43.7. The summed E-state index contributed by atoms with van der Waals surface area (Å²) in [4.78, 5) is 0. The van der Waals surface area contributed by atoms with E-state index in [1.807, 2.05) is 41.5 Å². The first-order valence-corrected chi connectivity index (χ1v) is 17.0. The minimum Gasteiger partial charge on any atom is -0.373 e. The van der Waals surface area contributed by atoms with Crippen LogP contribution in [0.4, 0.5) is 0 Å². The Kier molecular flexibility index (Phi) is 10.1. The molecular weight excluding hydrogens is 518 g/mol. The molecule has 7 nitrogen and oxygen atoms in total. The maximum atomic E-state index is 12.5.